The van der Waals surface area contributed by atoms with Gasteiger partial charge in [-0.3, -0.25) is 14.9 Å². The number of fused-ring (bicyclic) bond motifs is 1. The first-order valence-corrected chi connectivity index (χ1v) is 10.0. The van der Waals surface area contributed by atoms with E-state index in [1.807, 2.05) is 13.1 Å². The van der Waals surface area contributed by atoms with Gasteiger partial charge in [-0.25, -0.2) is 0 Å². The Hall–Kier alpha value is -2.52. The Kier molecular flexibility index (Phi) is 4.80. The fraction of sp³-hybridized carbons (Fsp3) is 0.360. The Balaban J connectivity index is 1.66. The topological polar surface area (TPSA) is 29.0 Å². The monoisotopic (exact) mass is 371 g/mol. The molecule has 0 aliphatic carbocycles. The molecule has 0 saturated heterocycles. The van der Waals surface area contributed by atoms with Crippen LogP contribution in [0.2, 0.25) is 0 Å². The summed E-state index contributed by atoms with van der Waals surface area (Å²) in [5.41, 5.74) is 10.1. The standard InChI is InChI=1S/C25H29N3/c1-17-6-7-20(13-26-17)14-28-15-23-12-21(8-9-24(23)25(4,5)16-28)22-10-18(2)27-19(3)11-22/h6-13H,14-16H2,1-5H3. The highest BCUT2D eigenvalue weighted by Gasteiger charge is 2.31. The fourth-order valence-electron chi connectivity index (χ4n) is 4.47. The fourth-order valence-corrected chi connectivity index (χ4v) is 4.47. The van der Waals surface area contributed by atoms with Crippen LogP contribution in [0, 0.1) is 20.8 Å². The van der Waals surface area contributed by atoms with E-state index < -0.39 is 0 Å². The molecule has 144 valence electrons. The van der Waals surface area contributed by atoms with Gasteiger partial charge in [0.1, 0.15) is 0 Å². The maximum absolute atomic E-state index is 4.52. The van der Waals surface area contributed by atoms with Gasteiger partial charge in [0.05, 0.1) is 0 Å². The Labute approximate surface area is 168 Å². The Bertz CT molecular complexity index is 983. The van der Waals surface area contributed by atoms with E-state index in [4.69, 9.17) is 0 Å². The highest BCUT2D eigenvalue weighted by molar-refractivity contribution is 5.66. The van der Waals surface area contributed by atoms with Gasteiger partial charge in [-0.15, -0.1) is 0 Å². The van der Waals surface area contributed by atoms with Crippen molar-refractivity contribution in [2.45, 2.75) is 53.1 Å². The van der Waals surface area contributed by atoms with Crippen molar-refractivity contribution in [3.05, 3.63) is 82.4 Å². The van der Waals surface area contributed by atoms with Crippen molar-refractivity contribution >= 4 is 0 Å². The molecule has 1 aliphatic rings. The van der Waals surface area contributed by atoms with Crippen molar-refractivity contribution in [3.63, 3.8) is 0 Å². The molecule has 0 bridgehead atoms. The van der Waals surface area contributed by atoms with Gasteiger partial charge in [0.2, 0.25) is 0 Å². The predicted octanol–water partition coefficient (Wildman–Crippen LogP) is 5.36. The molecule has 28 heavy (non-hydrogen) atoms. The minimum Gasteiger partial charge on any atom is -0.294 e. The number of rotatable bonds is 3. The van der Waals surface area contributed by atoms with Crippen LogP contribution in [0.3, 0.4) is 0 Å². The molecule has 1 aliphatic heterocycles. The molecule has 0 saturated carbocycles. The molecule has 0 radical (unpaired) electrons. The zero-order valence-electron chi connectivity index (χ0n) is 17.6. The van der Waals surface area contributed by atoms with Crippen LogP contribution >= 0.6 is 0 Å². The zero-order chi connectivity index (χ0) is 19.9. The van der Waals surface area contributed by atoms with Gasteiger partial charge >= 0.3 is 0 Å². The van der Waals surface area contributed by atoms with Gasteiger partial charge in [0, 0.05) is 48.3 Å². The summed E-state index contributed by atoms with van der Waals surface area (Å²) < 4.78 is 0. The first-order valence-electron chi connectivity index (χ1n) is 10.0. The van der Waals surface area contributed by atoms with Gasteiger partial charge in [0.15, 0.2) is 0 Å². The number of hydrogen-bond donors (Lipinski definition) is 0. The number of pyridine rings is 2. The second-order valence-electron chi connectivity index (χ2n) is 8.85. The molecular formula is C25H29N3. The lowest BCUT2D eigenvalue weighted by Gasteiger charge is -2.40. The molecule has 0 fully saturated rings. The average Bonchev–Trinajstić information content (AvgIpc) is 2.62. The maximum Gasteiger partial charge on any atom is 0.0382 e. The summed E-state index contributed by atoms with van der Waals surface area (Å²) >= 11 is 0. The van der Waals surface area contributed by atoms with E-state index >= 15 is 0 Å². The second kappa shape index (κ2) is 7.14. The third kappa shape index (κ3) is 3.85. The average molecular weight is 372 g/mol. The molecule has 0 amide bonds. The minimum atomic E-state index is 0.133. The summed E-state index contributed by atoms with van der Waals surface area (Å²) in [4.78, 5) is 11.5. The Morgan fingerprint density at radius 2 is 1.64 bits per heavy atom. The van der Waals surface area contributed by atoms with Crippen LogP contribution in [-0.2, 0) is 18.5 Å². The van der Waals surface area contributed by atoms with E-state index in [9.17, 15) is 0 Å². The first-order chi connectivity index (χ1) is 13.3. The van der Waals surface area contributed by atoms with Crippen LogP contribution < -0.4 is 0 Å². The molecule has 3 heterocycles. The second-order valence-corrected chi connectivity index (χ2v) is 8.85. The highest BCUT2D eigenvalue weighted by atomic mass is 15.1. The van der Waals surface area contributed by atoms with Crippen molar-refractivity contribution < 1.29 is 0 Å². The lowest BCUT2D eigenvalue weighted by atomic mass is 9.77. The molecule has 0 N–H and O–H groups in total. The summed E-state index contributed by atoms with van der Waals surface area (Å²) in [6.07, 6.45) is 2.01. The van der Waals surface area contributed by atoms with E-state index in [1.165, 1.54) is 27.8 Å². The van der Waals surface area contributed by atoms with Crippen molar-refractivity contribution in [2.24, 2.45) is 0 Å². The predicted molar refractivity (Wildman–Crippen MR) is 115 cm³/mol. The molecular weight excluding hydrogens is 342 g/mol. The van der Waals surface area contributed by atoms with Crippen molar-refractivity contribution in [1.29, 1.82) is 0 Å². The van der Waals surface area contributed by atoms with Crippen LogP contribution in [0.1, 0.15) is 47.6 Å². The number of benzene rings is 1. The van der Waals surface area contributed by atoms with Crippen LogP contribution in [0.4, 0.5) is 0 Å². The largest absolute Gasteiger partial charge is 0.294 e. The number of nitrogens with zero attached hydrogens (tertiary/aromatic N) is 3. The van der Waals surface area contributed by atoms with E-state index in [2.05, 4.69) is 85.0 Å². The van der Waals surface area contributed by atoms with Gasteiger partial charge in [-0.1, -0.05) is 32.0 Å². The highest BCUT2D eigenvalue weighted by Crippen LogP contribution is 2.36. The summed E-state index contributed by atoms with van der Waals surface area (Å²) in [6.45, 7) is 13.8. The van der Waals surface area contributed by atoms with E-state index in [-0.39, 0.29) is 5.41 Å². The summed E-state index contributed by atoms with van der Waals surface area (Å²) in [5, 5.41) is 0. The first kappa shape index (κ1) is 18.8. The van der Waals surface area contributed by atoms with Crippen molar-refractivity contribution in [2.75, 3.05) is 6.54 Å². The lowest BCUT2D eigenvalue weighted by molar-refractivity contribution is 0.186. The molecule has 1 aromatic carbocycles. The molecule has 3 aromatic rings. The van der Waals surface area contributed by atoms with Gasteiger partial charge in [-0.05, 0) is 72.9 Å². The quantitative estimate of drug-likeness (QED) is 0.620. The van der Waals surface area contributed by atoms with Crippen molar-refractivity contribution in [1.82, 2.24) is 14.9 Å². The van der Waals surface area contributed by atoms with E-state index in [0.717, 1.165) is 36.7 Å². The normalized spacial score (nSPS) is 16.0. The molecule has 0 atom stereocenters. The third-order valence-electron chi connectivity index (χ3n) is 5.64. The minimum absolute atomic E-state index is 0.133. The molecule has 2 aromatic heterocycles. The van der Waals surface area contributed by atoms with Crippen LogP contribution in [-0.4, -0.2) is 21.4 Å². The maximum atomic E-state index is 4.52. The number of aromatic nitrogens is 2. The van der Waals surface area contributed by atoms with Gasteiger partial charge in [0.25, 0.3) is 0 Å². The molecule has 0 unspecified atom stereocenters. The Morgan fingerprint density at radius 3 is 2.32 bits per heavy atom. The lowest BCUT2D eigenvalue weighted by Crippen LogP contribution is -2.41. The Morgan fingerprint density at radius 1 is 0.893 bits per heavy atom. The molecule has 0 spiro atoms. The summed E-state index contributed by atoms with van der Waals surface area (Å²) in [6, 6.07) is 15.6. The number of aryl methyl sites for hydroxylation is 3. The third-order valence-corrected chi connectivity index (χ3v) is 5.64. The van der Waals surface area contributed by atoms with Gasteiger partial charge in [-0.2, -0.15) is 0 Å². The van der Waals surface area contributed by atoms with Crippen LogP contribution in [0.25, 0.3) is 11.1 Å². The molecule has 3 nitrogen and oxygen atoms in total. The number of hydrogen-bond acceptors (Lipinski definition) is 3. The summed E-state index contributed by atoms with van der Waals surface area (Å²) in [5.74, 6) is 0. The van der Waals surface area contributed by atoms with Crippen LogP contribution in [0.5, 0.6) is 0 Å². The SMILES string of the molecule is Cc1ccc(CN2Cc3cc(-c4cc(C)nc(C)c4)ccc3C(C)(C)C2)cn1. The van der Waals surface area contributed by atoms with Crippen molar-refractivity contribution in [3.8, 4) is 11.1 Å². The van der Waals surface area contributed by atoms with Gasteiger partial charge < -0.3 is 0 Å². The summed E-state index contributed by atoms with van der Waals surface area (Å²) in [7, 11) is 0. The smallest absolute Gasteiger partial charge is 0.0382 e. The molecule has 3 heteroatoms. The molecule has 4 rings (SSSR count). The zero-order valence-corrected chi connectivity index (χ0v) is 17.6. The van der Waals surface area contributed by atoms with Crippen LogP contribution in [0.15, 0.2) is 48.7 Å². The van der Waals surface area contributed by atoms with E-state index in [1.54, 1.807) is 0 Å². The van der Waals surface area contributed by atoms with E-state index in [0.29, 0.717) is 0 Å².